The van der Waals surface area contributed by atoms with Crippen LogP contribution in [0.15, 0.2) is 12.2 Å². The fourth-order valence-corrected chi connectivity index (χ4v) is 1.82. The van der Waals surface area contributed by atoms with E-state index < -0.39 is 0 Å². The maximum absolute atomic E-state index is 4.94. The van der Waals surface area contributed by atoms with Crippen LogP contribution < -0.4 is 0 Å². The molecule has 0 bridgehead atoms. The Bertz CT molecular complexity index is 111. The van der Waals surface area contributed by atoms with E-state index in [4.69, 9.17) is 4.18 Å². The highest BCUT2D eigenvalue weighted by Gasteiger charge is 2.14. The summed E-state index contributed by atoms with van der Waals surface area (Å²) in [5.74, 6) is 0.748. The lowest BCUT2D eigenvalue weighted by molar-refractivity contribution is 0.484. The van der Waals surface area contributed by atoms with Crippen molar-refractivity contribution >= 4 is 12.0 Å². The third-order valence-corrected chi connectivity index (χ3v) is 2.27. The van der Waals surface area contributed by atoms with Gasteiger partial charge in [-0.1, -0.05) is 19.1 Å². The maximum Gasteiger partial charge on any atom is 0.0503 e. The van der Waals surface area contributed by atoms with Gasteiger partial charge in [0.05, 0.1) is 7.11 Å². The maximum atomic E-state index is 4.94. The molecule has 0 spiro atoms. The smallest absolute Gasteiger partial charge is 0.0503 e. The zero-order valence-corrected chi connectivity index (χ0v) is 6.65. The van der Waals surface area contributed by atoms with Crippen molar-refractivity contribution in [2.24, 2.45) is 5.92 Å². The summed E-state index contributed by atoms with van der Waals surface area (Å²) in [6.45, 7) is 2.23. The second-order valence-electron chi connectivity index (χ2n) is 2.40. The van der Waals surface area contributed by atoms with E-state index in [1.807, 2.05) is 0 Å². The molecule has 1 nitrogen and oxygen atoms in total. The van der Waals surface area contributed by atoms with Gasteiger partial charge in [-0.05, 0) is 24.4 Å². The average molecular weight is 144 g/mol. The molecule has 1 rings (SSSR count). The molecule has 2 heteroatoms. The Morgan fingerprint density at radius 3 is 2.78 bits per heavy atom. The van der Waals surface area contributed by atoms with Crippen LogP contribution in [0.5, 0.6) is 0 Å². The predicted molar refractivity (Wildman–Crippen MR) is 41.3 cm³/mol. The van der Waals surface area contributed by atoms with Crippen molar-refractivity contribution in [1.29, 1.82) is 0 Å². The van der Waals surface area contributed by atoms with Crippen LogP contribution in [0.1, 0.15) is 13.3 Å². The lowest BCUT2D eigenvalue weighted by Gasteiger charge is -2.04. The minimum atomic E-state index is 0.602. The summed E-state index contributed by atoms with van der Waals surface area (Å²) in [5, 5.41) is 0.602. The van der Waals surface area contributed by atoms with Gasteiger partial charge in [-0.2, -0.15) is 0 Å². The summed E-state index contributed by atoms with van der Waals surface area (Å²) in [7, 11) is 1.72. The zero-order valence-electron chi connectivity index (χ0n) is 5.83. The Morgan fingerprint density at radius 1 is 1.56 bits per heavy atom. The molecule has 0 saturated heterocycles. The number of hydrogen-bond acceptors (Lipinski definition) is 2. The van der Waals surface area contributed by atoms with Crippen molar-refractivity contribution < 1.29 is 4.18 Å². The van der Waals surface area contributed by atoms with Gasteiger partial charge in [0.1, 0.15) is 0 Å². The molecule has 0 N–H and O–H groups in total. The van der Waals surface area contributed by atoms with Crippen LogP contribution in [0.4, 0.5) is 0 Å². The fraction of sp³-hybridized carbons (Fsp3) is 0.714. The van der Waals surface area contributed by atoms with E-state index in [1.54, 1.807) is 19.2 Å². The molecular weight excluding hydrogens is 132 g/mol. The van der Waals surface area contributed by atoms with Gasteiger partial charge in [0.25, 0.3) is 0 Å². The average Bonchev–Trinajstić information content (AvgIpc) is 2.17. The summed E-state index contributed by atoms with van der Waals surface area (Å²) in [4.78, 5) is 0. The highest BCUT2D eigenvalue weighted by atomic mass is 32.2. The SMILES string of the molecule is COSC1C=CC(C)C1. The number of hydrogen-bond donors (Lipinski definition) is 0. The highest BCUT2D eigenvalue weighted by Crippen LogP contribution is 2.27. The first-order valence-corrected chi connectivity index (χ1v) is 4.01. The largest absolute Gasteiger partial charge is 0.318 e. The first kappa shape index (κ1) is 7.16. The van der Waals surface area contributed by atoms with Gasteiger partial charge in [0, 0.05) is 5.25 Å². The minimum absolute atomic E-state index is 0.602. The van der Waals surface area contributed by atoms with Crippen molar-refractivity contribution in [3.05, 3.63) is 12.2 Å². The molecule has 0 aromatic carbocycles. The molecule has 0 amide bonds. The molecule has 2 unspecified atom stereocenters. The minimum Gasteiger partial charge on any atom is -0.318 e. The van der Waals surface area contributed by atoms with E-state index >= 15 is 0 Å². The van der Waals surface area contributed by atoms with Gasteiger partial charge >= 0.3 is 0 Å². The van der Waals surface area contributed by atoms with Crippen LogP contribution in [0.25, 0.3) is 0 Å². The molecular formula is C7H12OS. The topological polar surface area (TPSA) is 9.23 Å². The second kappa shape index (κ2) is 3.28. The van der Waals surface area contributed by atoms with Gasteiger partial charge < -0.3 is 4.18 Å². The molecule has 0 aliphatic heterocycles. The molecule has 9 heavy (non-hydrogen) atoms. The molecule has 0 heterocycles. The molecule has 0 radical (unpaired) electrons. The lowest BCUT2D eigenvalue weighted by Crippen LogP contribution is -1.95. The Balaban J connectivity index is 2.24. The molecule has 1 aliphatic carbocycles. The molecule has 0 aromatic heterocycles. The van der Waals surface area contributed by atoms with E-state index in [0.717, 1.165) is 5.92 Å². The van der Waals surface area contributed by atoms with Crippen molar-refractivity contribution in [3.8, 4) is 0 Å². The third kappa shape index (κ3) is 2.03. The summed E-state index contributed by atoms with van der Waals surface area (Å²) >= 11 is 1.56. The van der Waals surface area contributed by atoms with Gasteiger partial charge in [0.2, 0.25) is 0 Å². The van der Waals surface area contributed by atoms with Gasteiger partial charge in [0.15, 0.2) is 0 Å². The van der Waals surface area contributed by atoms with E-state index in [0.29, 0.717) is 5.25 Å². The van der Waals surface area contributed by atoms with E-state index in [-0.39, 0.29) is 0 Å². The predicted octanol–water partition coefficient (Wildman–Crippen LogP) is 2.25. The fourth-order valence-electron chi connectivity index (χ4n) is 1.03. The monoisotopic (exact) mass is 144 g/mol. The summed E-state index contributed by atoms with van der Waals surface area (Å²) in [6.07, 6.45) is 5.70. The van der Waals surface area contributed by atoms with E-state index in [1.165, 1.54) is 6.42 Å². The molecule has 1 aliphatic rings. The Labute approximate surface area is 60.7 Å². The molecule has 0 aromatic rings. The van der Waals surface area contributed by atoms with Gasteiger partial charge in [-0.25, -0.2) is 0 Å². The van der Waals surface area contributed by atoms with Crippen LogP contribution in [0.2, 0.25) is 0 Å². The van der Waals surface area contributed by atoms with Crippen molar-refractivity contribution in [2.45, 2.75) is 18.6 Å². The van der Waals surface area contributed by atoms with Crippen LogP contribution in [-0.2, 0) is 4.18 Å². The van der Waals surface area contributed by atoms with Crippen LogP contribution in [-0.4, -0.2) is 12.4 Å². The van der Waals surface area contributed by atoms with Crippen molar-refractivity contribution in [2.75, 3.05) is 7.11 Å². The van der Waals surface area contributed by atoms with Gasteiger partial charge in [-0.15, -0.1) is 0 Å². The first-order valence-electron chi connectivity index (χ1n) is 3.20. The van der Waals surface area contributed by atoms with Crippen molar-refractivity contribution in [1.82, 2.24) is 0 Å². The normalized spacial score (nSPS) is 33.6. The molecule has 52 valence electrons. The third-order valence-electron chi connectivity index (χ3n) is 1.48. The van der Waals surface area contributed by atoms with Crippen molar-refractivity contribution in [3.63, 3.8) is 0 Å². The van der Waals surface area contributed by atoms with E-state index in [2.05, 4.69) is 19.1 Å². The molecule has 2 atom stereocenters. The van der Waals surface area contributed by atoms with Gasteiger partial charge in [-0.3, -0.25) is 0 Å². The number of allylic oxidation sites excluding steroid dienone is 1. The Kier molecular flexibility index (Phi) is 2.61. The summed E-state index contributed by atoms with van der Waals surface area (Å²) < 4.78 is 4.94. The first-order chi connectivity index (χ1) is 4.33. The van der Waals surface area contributed by atoms with E-state index in [9.17, 15) is 0 Å². The summed E-state index contributed by atoms with van der Waals surface area (Å²) in [6, 6.07) is 0. The van der Waals surface area contributed by atoms with Crippen LogP contribution in [0, 0.1) is 5.92 Å². The Hall–Kier alpha value is 0.0500. The zero-order chi connectivity index (χ0) is 6.69. The standard InChI is InChI=1S/C7H12OS/c1-6-3-4-7(5-6)9-8-2/h3-4,6-7H,5H2,1-2H3. The van der Waals surface area contributed by atoms with Crippen LogP contribution in [0.3, 0.4) is 0 Å². The quantitative estimate of drug-likeness (QED) is 0.434. The molecule has 0 fully saturated rings. The van der Waals surface area contributed by atoms with Crippen LogP contribution >= 0.6 is 12.0 Å². The highest BCUT2D eigenvalue weighted by molar-refractivity contribution is 7.95. The number of rotatable bonds is 2. The Morgan fingerprint density at radius 2 is 2.33 bits per heavy atom. The molecule has 0 saturated carbocycles. The second-order valence-corrected chi connectivity index (χ2v) is 3.53. The lowest BCUT2D eigenvalue weighted by atomic mass is 10.2. The summed E-state index contributed by atoms with van der Waals surface area (Å²) in [5.41, 5.74) is 0.